The van der Waals surface area contributed by atoms with Crippen LogP contribution < -0.4 is 14.5 Å². The highest BCUT2D eigenvalue weighted by Crippen LogP contribution is 2.51. The summed E-state index contributed by atoms with van der Waals surface area (Å²) in [7, 11) is 1.17. The van der Waals surface area contributed by atoms with Crippen molar-refractivity contribution in [1.29, 1.82) is 0 Å². The minimum Gasteiger partial charge on any atom is -0.475 e. The Kier molecular flexibility index (Phi) is 4.14. The molecular formula is C22H16F2N2O6. The van der Waals surface area contributed by atoms with E-state index < -0.39 is 52.7 Å². The SMILES string of the molecule is COC(=O)C(C)N1C(=O)C2(CC2)Oc2cc(F)c(N3C(=O)c4ccc(F)cc4C3=O)cc21. The van der Waals surface area contributed by atoms with Gasteiger partial charge in [0.05, 0.1) is 29.6 Å². The van der Waals surface area contributed by atoms with Crippen molar-refractivity contribution < 1.29 is 37.4 Å². The van der Waals surface area contributed by atoms with Crippen LogP contribution in [0.5, 0.6) is 5.75 Å². The van der Waals surface area contributed by atoms with Crippen LogP contribution in [-0.2, 0) is 14.3 Å². The summed E-state index contributed by atoms with van der Waals surface area (Å²) in [4.78, 5) is 52.7. The number of methoxy groups -OCH3 is 1. The number of hydrogen-bond acceptors (Lipinski definition) is 6. The lowest BCUT2D eigenvalue weighted by molar-refractivity contribution is -0.144. The Morgan fingerprint density at radius 2 is 1.75 bits per heavy atom. The molecule has 0 radical (unpaired) electrons. The molecule has 1 aliphatic carbocycles. The smallest absolute Gasteiger partial charge is 0.328 e. The van der Waals surface area contributed by atoms with Gasteiger partial charge in [0.25, 0.3) is 17.7 Å². The maximum atomic E-state index is 15.1. The van der Waals surface area contributed by atoms with E-state index in [-0.39, 0.29) is 22.6 Å². The molecule has 2 aliphatic heterocycles. The van der Waals surface area contributed by atoms with Crippen molar-refractivity contribution in [2.45, 2.75) is 31.4 Å². The Bertz CT molecular complexity index is 1240. The van der Waals surface area contributed by atoms with Crippen molar-refractivity contribution in [2.24, 2.45) is 0 Å². The van der Waals surface area contributed by atoms with Crippen molar-refractivity contribution in [3.8, 4) is 5.75 Å². The van der Waals surface area contributed by atoms with E-state index in [1.165, 1.54) is 14.0 Å². The third-order valence-electron chi connectivity index (χ3n) is 5.93. The van der Waals surface area contributed by atoms with Crippen LogP contribution in [0.25, 0.3) is 0 Å². The highest BCUT2D eigenvalue weighted by atomic mass is 19.1. The third-order valence-corrected chi connectivity index (χ3v) is 5.93. The second kappa shape index (κ2) is 6.59. The zero-order valence-electron chi connectivity index (χ0n) is 17.0. The molecular weight excluding hydrogens is 426 g/mol. The first-order valence-corrected chi connectivity index (χ1v) is 9.81. The fraction of sp³-hybridized carbons (Fsp3) is 0.273. The number of rotatable bonds is 3. The number of fused-ring (bicyclic) bond motifs is 2. The van der Waals surface area contributed by atoms with Gasteiger partial charge in [-0.05, 0) is 31.2 Å². The molecule has 1 atom stereocenters. The molecule has 3 amide bonds. The largest absolute Gasteiger partial charge is 0.475 e. The first-order chi connectivity index (χ1) is 15.2. The Balaban J connectivity index is 1.64. The molecule has 5 rings (SSSR count). The van der Waals surface area contributed by atoms with Crippen LogP contribution in [0.4, 0.5) is 20.2 Å². The summed E-state index contributed by atoms with van der Waals surface area (Å²) in [5, 5.41) is 0. The van der Waals surface area contributed by atoms with Gasteiger partial charge in [0.2, 0.25) is 0 Å². The molecule has 8 nitrogen and oxygen atoms in total. The van der Waals surface area contributed by atoms with Crippen LogP contribution in [0.1, 0.15) is 40.5 Å². The summed E-state index contributed by atoms with van der Waals surface area (Å²) < 4.78 is 39.2. The van der Waals surface area contributed by atoms with Gasteiger partial charge in [0, 0.05) is 18.9 Å². The Hall–Kier alpha value is -3.82. The maximum absolute atomic E-state index is 15.1. The van der Waals surface area contributed by atoms with E-state index in [2.05, 4.69) is 0 Å². The molecule has 2 aromatic carbocycles. The second-order valence-corrected chi connectivity index (χ2v) is 7.88. The normalized spacial score (nSPS) is 18.9. The van der Waals surface area contributed by atoms with Gasteiger partial charge in [-0.2, -0.15) is 0 Å². The van der Waals surface area contributed by atoms with Crippen molar-refractivity contribution in [3.63, 3.8) is 0 Å². The van der Waals surface area contributed by atoms with Gasteiger partial charge in [-0.3, -0.25) is 19.3 Å². The minimum atomic E-state index is -1.17. The first-order valence-electron chi connectivity index (χ1n) is 9.81. The number of benzene rings is 2. The summed E-state index contributed by atoms with van der Waals surface area (Å²) in [6, 6.07) is 4.09. The predicted molar refractivity (Wildman–Crippen MR) is 105 cm³/mol. The van der Waals surface area contributed by atoms with E-state index in [9.17, 15) is 23.6 Å². The molecule has 10 heteroatoms. The van der Waals surface area contributed by atoms with Gasteiger partial charge in [-0.15, -0.1) is 0 Å². The zero-order valence-corrected chi connectivity index (χ0v) is 17.0. The van der Waals surface area contributed by atoms with E-state index in [0.29, 0.717) is 17.7 Å². The summed E-state index contributed by atoms with van der Waals surface area (Å²) in [6.07, 6.45) is 0.812. The Labute approximate surface area is 180 Å². The van der Waals surface area contributed by atoms with Crippen molar-refractivity contribution in [3.05, 3.63) is 53.1 Å². The summed E-state index contributed by atoms with van der Waals surface area (Å²) in [6.45, 7) is 1.45. The van der Waals surface area contributed by atoms with Crippen molar-refractivity contribution in [2.75, 3.05) is 16.9 Å². The number of carbonyl (C=O) groups is 4. The first kappa shape index (κ1) is 20.1. The molecule has 2 heterocycles. The molecule has 0 N–H and O–H groups in total. The van der Waals surface area contributed by atoms with Crippen LogP contribution in [0, 0.1) is 11.6 Å². The van der Waals surface area contributed by atoms with Crippen LogP contribution in [0.15, 0.2) is 30.3 Å². The summed E-state index contributed by atoms with van der Waals surface area (Å²) in [5.41, 5.74) is -1.87. The lowest BCUT2D eigenvalue weighted by Crippen LogP contribution is -2.54. The average Bonchev–Trinajstić information content (AvgIpc) is 3.50. The second-order valence-electron chi connectivity index (χ2n) is 7.88. The minimum absolute atomic E-state index is 0.00163. The van der Waals surface area contributed by atoms with E-state index in [0.717, 1.165) is 35.2 Å². The number of amides is 3. The highest BCUT2D eigenvalue weighted by Gasteiger charge is 2.59. The topological polar surface area (TPSA) is 93.2 Å². The average molecular weight is 442 g/mol. The van der Waals surface area contributed by atoms with Gasteiger partial charge in [-0.1, -0.05) is 0 Å². The van der Waals surface area contributed by atoms with Gasteiger partial charge in [-0.25, -0.2) is 18.5 Å². The number of ether oxygens (including phenoxy) is 2. The van der Waals surface area contributed by atoms with Gasteiger partial charge in [0.15, 0.2) is 11.4 Å². The molecule has 2 aromatic rings. The van der Waals surface area contributed by atoms with Crippen LogP contribution in [0.3, 0.4) is 0 Å². The maximum Gasteiger partial charge on any atom is 0.328 e. The Morgan fingerprint density at radius 1 is 1.06 bits per heavy atom. The lowest BCUT2D eigenvalue weighted by Gasteiger charge is -2.37. The number of imide groups is 1. The molecule has 0 bridgehead atoms. The standard InChI is InChI=1S/C22H16F2N2O6/c1-10(20(29)31-2)25-16-9-15(14(24)8-17(16)32-22(5-6-22)21(25)30)26-18(27)12-4-3-11(23)7-13(12)19(26)28/h3-4,7-10H,5-6H2,1-2H3. The van der Waals surface area contributed by atoms with Crippen molar-refractivity contribution in [1.82, 2.24) is 0 Å². The molecule has 164 valence electrons. The Morgan fingerprint density at radius 3 is 2.41 bits per heavy atom. The summed E-state index contributed by atoms with van der Waals surface area (Å²) >= 11 is 0. The molecule has 32 heavy (non-hydrogen) atoms. The van der Waals surface area contributed by atoms with Gasteiger partial charge >= 0.3 is 5.97 Å². The van der Waals surface area contributed by atoms with Gasteiger partial charge in [0.1, 0.15) is 17.6 Å². The fourth-order valence-electron chi connectivity index (χ4n) is 4.08. The highest BCUT2D eigenvalue weighted by molar-refractivity contribution is 6.34. The lowest BCUT2D eigenvalue weighted by atomic mass is 10.1. The summed E-state index contributed by atoms with van der Waals surface area (Å²) in [5.74, 6) is -4.61. The number of anilines is 2. The molecule has 1 saturated carbocycles. The number of carbonyl (C=O) groups excluding carboxylic acids is 4. The van der Waals surface area contributed by atoms with E-state index in [1.54, 1.807) is 0 Å². The van der Waals surface area contributed by atoms with E-state index in [4.69, 9.17) is 9.47 Å². The molecule has 1 spiro atoms. The fourth-order valence-corrected chi connectivity index (χ4v) is 4.08. The predicted octanol–water partition coefficient (Wildman–Crippen LogP) is 2.58. The molecule has 0 aromatic heterocycles. The van der Waals surface area contributed by atoms with Gasteiger partial charge < -0.3 is 9.47 Å². The van der Waals surface area contributed by atoms with Crippen LogP contribution in [-0.4, -0.2) is 42.4 Å². The van der Waals surface area contributed by atoms with Crippen LogP contribution >= 0.6 is 0 Å². The number of nitrogens with zero attached hydrogens (tertiary/aromatic N) is 2. The quantitative estimate of drug-likeness (QED) is 0.536. The number of esters is 1. The monoisotopic (exact) mass is 442 g/mol. The number of halogens is 2. The molecule has 1 unspecified atom stereocenters. The van der Waals surface area contributed by atoms with Crippen LogP contribution in [0.2, 0.25) is 0 Å². The molecule has 3 aliphatic rings. The van der Waals surface area contributed by atoms with Crippen molar-refractivity contribution >= 4 is 35.1 Å². The number of hydrogen-bond donors (Lipinski definition) is 0. The molecule has 1 fully saturated rings. The zero-order chi connectivity index (χ0) is 22.9. The third kappa shape index (κ3) is 2.65. The molecule has 0 saturated heterocycles. The van der Waals surface area contributed by atoms with E-state index >= 15 is 4.39 Å². The van der Waals surface area contributed by atoms with E-state index in [1.807, 2.05) is 0 Å².